The Balaban J connectivity index is 2.00. The molecule has 21 heavy (non-hydrogen) atoms. The molecule has 118 valence electrons. The predicted octanol–water partition coefficient (Wildman–Crippen LogP) is 4.34. The number of hydrogen-bond donors (Lipinski definition) is 1. The maximum atomic E-state index is 3.51. The van der Waals surface area contributed by atoms with Crippen LogP contribution in [0, 0.1) is 0 Å². The number of nitrogens with one attached hydrogen (secondary N) is 1. The average molecular weight is 288 g/mol. The summed E-state index contributed by atoms with van der Waals surface area (Å²) < 4.78 is 0. The number of unbranched alkanes of at least 4 members (excludes halogenated alkanes) is 1. The third kappa shape index (κ3) is 4.82. The molecule has 0 aromatic heterocycles. The minimum absolute atomic E-state index is 0.448. The van der Waals surface area contributed by atoms with Gasteiger partial charge in [-0.3, -0.25) is 4.90 Å². The van der Waals surface area contributed by atoms with Crippen LogP contribution >= 0.6 is 0 Å². The van der Waals surface area contributed by atoms with Gasteiger partial charge in [0.15, 0.2) is 0 Å². The lowest BCUT2D eigenvalue weighted by Crippen LogP contribution is -2.36. The minimum atomic E-state index is 0.448. The van der Waals surface area contributed by atoms with Crippen molar-refractivity contribution >= 4 is 0 Å². The summed E-state index contributed by atoms with van der Waals surface area (Å²) in [6.45, 7) is 9.19. The number of likely N-dealkylation sites (N-methyl/N-ethyl adjacent to an activating group) is 1. The molecule has 2 heteroatoms. The molecule has 0 saturated heterocycles. The second-order valence-corrected chi connectivity index (χ2v) is 6.74. The molecule has 1 fully saturated rings. The van der Waals surface area contributed by atoms with E-state index in [0.29, 0.717) is 12.0 Å². The molecule has 1 saturated carbocycles. The van der Waals surface area contributed by atoms with Gasteiger partial charge in [0, 0.05) is 18.6 Å². The fourth-order valence-corrected chi connectivity index (χ4v) is 2.93. The van der Waals surface area contributed by atoms with Gasteiger partial charge >= 0.3 is 0 Å². The fourth-order valence-electron chi connectivity index (χ4n) is 2.93. The molecule has 0 spiro atoms. The molecule has 1 aliphatic rings. The SMILES string of the molecule is CCCCN(CC(NC)c1ccc(C(C)C)cc1)C1CC1. The fraction of sp³-hybridized carbons (Fsp3) is 0.684. The molecule has 1 atom stereocenters. The Morgan fingerprint density at radius 3 is 2.24 bits per heavy atom. The summed E-state index contributed by atoms with van der Waals surface area (Å²) in [5.74, 6) is 0.611. The summed E-state index contributed by atoms with van der Waals surface area (Å²) in [6.07, 6.45) is 5.40. The molecule has 1 unspecified atom stereocenters. The van der Waals surface area contributed by atoms with Crippen molar-refractivity contribution in [2.75, 3.05) is 20.1 Å². The van der Waals surface area contributed by atoms with Crippen molar-refractivity contribution in [2.45, 2.75) is 64.5 Å². The summed E-state index contributed by atoms with van der Waals surface area (Å²) in [4.78, 5) is 2.70. The maximum Gasteiger partial charge on any atom is 0.0446 e. The van der Waals surface area contributed by atoms with Gasteiger partial charge in [0.05, 0.1) is 0 Å². The summed E-state index contributed by atoms with van der Waals surface area (Å²) in [5.41, 5.74) is 2.85. The first kappa shape index (κ1) is 16.5. The van der Waals surface area contributed by atoms with Crippen LogP contribution in [0.15, 0.2) is 24.3 Å². The summed E-state index contributed by atoms with van der Waals surface area (Å²) in [5, 5.41) is 3.51. The Morgan fingerprint density at radius 2 is 1.76 bits per heavy atom. The molecule has 1 aromatic rings. The van der Waals surface area contributed by atoms with Crippen molar-refractivity contribution in [3.63, 3.8) is 0 Å². The zero-order chi connectivity index (χ0) is 15.2. The van der Waals surface area contributed by atoms with Crippen LogP contribution in [0.1, 0.15) is 69.5 Å². The van der Waals surface area contributed by atoms with Crippen LogP contribution in [0.25, 0.3) is 0 Å². The molecular weight excluding hydrogens is 256 g/mol. The van der Waals surface area contributed by atoms with Crippen molar-refractivity contribution in [1.82, 2.24) is 10.2 Å². The smallest absolute Gasteiger partial charge is 0.0446 e. The zero-order valence-electron chi connectivity index (χ0n) is 14.2. The molecule has 0 bridgehead atoms. The highest BCUT2D eigenvalue weighted by Gasteiger charge is 2.30. The van der Waals surface area contributed by atoms with E-state index in [9.17, 15) is 0 Å². The van der Waals surface area contributed by atoms with Crippen molar-refractivity contribution in [2.24, 2.45) is 0 Å². The average Bonchev–Trinajstić information content (AvgIpc) is 3.32. The molecule has 1 N–H and O–H groups in total. The van der Waals surface area contributed by atoms with Crippen LogP contribution in [0.4, 0.5) is 0 Å². The third-order valence-electron chi connectivity index (χ3n) is 4.63. The molecule has 1 aromatic carbocycles. The first-order chi connectivity index (χ1) is 10.2. The van der Waals surface area contributed by atoms with Gasteiger partial charge in [0.25, 0.3) is 0 Å². The largest absolute Gasteiger partial charge is 0.312 e. The minimum Gasteiger partial charge on any atom is -0.312 e. The van der Waals surface area contributed by atoms with E-state index in [1.165, 1.54) is 43.4 Å². The van der Waals surface area contributed by atoms with Crippen LogP contribution in [-0.4, -0.2) is 31.1 Å². The van der Waals surface area contributed by atoms with Crippen LogP contribution < -0.4 is 5.32 Å². The van der Waals surface area contributed by atoms with Gasteiger partial charge in [0.2, 0.25) is 0 Å². The van der Waals surface area contributed by atoms with E-state index in [-0.39, 0.29) is 0 Å². The molecular formula is C19H32N2. The van der Waals surface area contributed by atoms with Crippen LogP contribution in [0.3, 0.4) is 0 Å². The lowest BCUT2D eigenvalue weighted by atomic mass is 9.99. The zero-order valence-corrected chi connectivity index (χ0v) is 14.2. The predicted molar refractivity (Wildman–Crippen MR) is 91.8 cm³/mol. The van der Waals surface area contributed by atoms with Crippen LogP contribution in [0.5, 0.6) is 0 Å². The highest BCUT2D eigenvalue weighted by molar-refractivity contribution is 5.27. The van der Waals surface area contributed by atoms with E-state index < -0.39 is 0 Å². The molecule has 2 rings (SSSR count). The van der Waals surface area contributed by atoms with Gasteiger partial charge in [-0.2, -0.15) is 0 Å². The lowest BCUT2D eigenvalue weighted by Gasteiger charge is -2.28. The van der Waals surface area contributed by atoms with Crippen molar-refractivity contribution in [3.05, 3.63) is 35.4 Å². The molecule has 0 radical (unpaired) electrons. The second-order valence-electron chi connectivity index (χ2n) is 6.74. The third-order valence-corrected chi connectivity index (χ3v) is 4.63. The van der Waals surface area contributed by atoms with Gasteiger partial charge in [-0.15, -0.1) is 0 Å². The van der Waals surface area contributed by atoms with Gasteiger partial charge in [-0.1, -0.05) is 51.5 Å². The van der Waals surface area contributed by atoms with Gasteiger partial charge < -0.3 is 5.32 Å². The van der Waals surface area contributed by atoms with E-state index in [1.54, 1.807) is 0 Å². The summed E-state index contributed by atoms with van der Waals surface area (Å²) in [7, 11) is 2.09. The summed E-state index contributed by atoms with van der Waals surface area (Å²) in [6, 6.07) is 10.5. The van der Waals surface area contributed by atoms with Crippen LogP contribution in [-0.2, 0) is 0 Å². The first-order valence-corrected chi connectivity index (χ1v) is 8.66. The number of benzene rings is 1. The van der Waals surface area contributed by atoms with Crippen molar-refractivity contribution in [3.8, 4) is 0 Å². The standard InChI is InChI=1S/C19H32N2/c1-5-6-13-21(18-11-12-18)14-19(20-4)17-9-7-16(8-10-17)15(2)3/h7-10,15,18-20H,5-6,11-14H2,1-4H3. The molecule has 0 amide bonds. The summed E-state index contributed by atoms with van der Waals surface area (Å²) >= 11 is 0. The van der Waals surface area contributed by atoms with Crippen molar-refractivity contribution in [1.29, 1.82) is 0 Å². The van der Waals surface area contributed by atoms with Gasteiger partial charge in [-0.25, -0.2) is 0 Å². The Bertz CT molecular complexity index is 406. The quantitative estimate of drug-likeness (QED) is 0.727. The number of hydrogen-bond acceptors (Lipinski definition) is 2. The number of rotatable bonds is 9. The normalized spacial score (nSPS) is 16.7. The first-order valence-electron chi connectivity index (χ1n) is 8.66. The number of nitrogens with zero attached hydrogens (tertiary/aromatic N) is 1. The Kier molecular flexibility index (Phi) is 6.25. The topological polar surface area (TPSA) is 15.3 Å². The van der Waals surface area contributed by atoms with Gasteiger partial charge in [0.1, 0.15) is 0 Å². The van der Waals surface area contributed by atoms with Gasteiger partial charge in [-0.05, 0) is 49.9 Å². The molecule has 0 heterocycles. The highest BCUT2D eigenvalue weighted by Crippen LogP contribution is 2.29. The van der Waals surface area contributed by atoms with Crippen molar-refractivity contribution < 1.29 is 0 Å². The van der Waals surface area contributed by atoms with E-state index >= 15 is 0 Å². The second kappa shape index (κ2) is 7.95. The Hall–Kier alpha value is -0.860. The monoisotopic (exact) mass is 288 g/mol. The molecule has 2 nitrogen and oxygen atoms in total. The molecule has 0 aliphatic heterocycles. The van der Waals surface area contributed by atoms with Crippen LogP contribution in [0.2, 0.25) is 0 Å². The Labute approximate surface area is 130 Å². The van der Waals surface area contributed by atoms with E-state index in [4.69, 9.17) is 0 Å². The Morgan fingerprint density at radius 1 is 1.14 bits per heavy atom. The van der Waals surface area contributed by atoms with E-state index in [0.717, 1.165) is 12.6 Å². The highest BCUT2D eigenvalue weighted by atomic mass is 15.2. The van der Waals surface area contributed by atoms with E-state index in [1.807, 2.05) is 0 Å². The maximum absolute atomic E-state index is 3.51. The lowest BCUT2D eigenvalue weighted by molar-refractivity contribution is 0.233. The van der Waals surface area contributed by atoms with E-state index in [2.05, 4.69) is 62.3 Å². The molecule has 1 aliphatic carbocycles.